The highest BCUT2D eigenvalue weighted by Crippen LogP contribution is 2.25. The number of likely N-dealkylation sites (tertiary alicyclic amines) is 1. The molecule has 1 saturated heterocycles. The van der Waals surface area contributed by atoms with E-state index >= 15 is 0 Å². The minimum absolute atomic E-state index is 0.223. The zero-order valence-electron chi connectivity index (χ0n) is 12.8. The molecule has 1 N–H and O–H groups in total. The molecule has 1 unspecified atom stereocenters. The first-order valence-electron chi connectivity index (χ1n) is 7.66. The summed E-state index contributed by atoms with van der Waals surface area (Å²) in [5.74, 6) is 0.611. The third-order valence-corrected chi connectivity index (χ3v) is 4.99. The van der Waals surface area contributed by atoms with Gasteiger partial charge in [-0.05, 0) is 42.9 Å². The van der Waals surface area contributed by atoms with Crippen LogP contribution < -0.4 is 0 Å². The largest absolute Gasteiger partial charge is 0.342 e. The number of benzene rings is 1. The topological polar surface area (TPSA) is 49.0 Å². The molecule has 22 heavy (non-hydrogen) atoms. The first kappa shape index (κ1) is 15.2. The van der Waals surface area contributed by atoms with Crippen LogP contribution in [0.4, 0.5) is 0 Å². The number of rotatable bonds is 4. The molecule has 0 radical (unpaired) electrons. The van der Waals surface area contributed by atoms with E-state index in [-0.39, 0.29) is 5.91 Å². The van der Waals surface area contributed by atoms with Crippen LogP contribution in [0.5, 0.6) is 0 Å². The minimum Gasteiger partial charge on any atom is -0.342 e. The molecule has 116 valence electrons. The number of H-pyrrole nitrogens is 1. The molecule has 1 amide bonds. The summed E-state index contributed by atoms with van der Waals surface area (Å²) in [5, 5.41) is 7.06. The Labute approximate surface area is 135 Å². The van der Waals surface area contributed by atoms with E-state index in [1.807, 2.05) is 11.0 Å². The number of nitrogens with one attached hydrogen (secondary N) is 1. The maximum atomic E-state index is 12.5. The summed E-state index contributed by atoms with van der Waals surface area (Å²) in [5.41, 5.74) is 2.23. The van der Waals surface area contributed by atoms with Crippen molar-refractivity contribution >= 4 is 17.7 Å². The molecule has 4 nitrogen and oxygen atoms in total. The van der Waals surface area contributed by atoms with Gasteiger partial charge in [0.1, 0.15) is 0 Å². The fourth-order valence-electron chi connectivity index (χ4n) is 2.98. The minimum atomic E-state index is 0.223. The van der Waals surface area contributed by atoms with Crippen molar-refractivity contribution in [2.75, 3.05) is 19.3 Å². The maximum Gasteiger partial charge on any atom is 0.227 e. The summed E-state index contributed by atoms with van der Waals surface area (Å²) in [6.07, 6.45) is 6.51. The Bertz CT molecular complexity index is 609. The van der Waals surface area contributed by atoms with Crippen molar-refractivity contribution in [2.45, 2.75) is 30.1 Å². The van der Waals surface area contributed by atoms with Crippen molar-refractivity contribution in [1.82, 2.24) is 15.1 Å². The van der Waals surface area contributed by atoms with Crippen LogP contribution in [0.3, 0.4) is 0 Å². The average Bonchev–Trinajstić information content (AvgIpc) is 3.10. The molecule has 2 aromatic rings. The molecule has 2 heterocycles. The fraction of sp³-hybridized carbons (Fsp3) is 0.412. The van der Waals surface area contributed by atoms with E-state index in [1.54, 1.807) is 18.0 Å². The van der Waals surface area contributed by atoms with Crippen LogP contribution in [0, 0.1) is 0 Å². The van der Waals surface area contributed by atoms with Crippen molar-refractivity contribution in [3.63, 3.8) is 0 Å². The lowest BCUT2D eigenvalue weighted by Gasteiger charge is -2.32. The van der Waals surface area contributed by atoms with E-state index in [0.717, 1.165) is 37.2 Å². The number of hydrogen-bond acceptors (Lipinski definition) is 3. The zero-order chi connectivity index (χ0) is 15.4. The normalized spacial score (nSPS) is 18.4. The Morgan fingerprint density at radius 2 is 2.18 bits per heavy atom. The number of amides is 1. The standard InChI is InChI=1S/C17H21N3OS/c1-22-15-6-4-13(5-7-15)11-17(21)20-10-2-3-14(12-20)16-8-9-18-19-16/h4-9,14H,2-3,10-12H2,1H3,(H,18,19). The van der Waals surface area contributed by atoms with Gasteiger partial charge in [0.25, 0.3) is 0 Å². The molecule has 0 aliphatic carbocycles. The monoisotopic (exact) mass is 315 g/mol. The smallest absolute Gasteiger partial charge is 0.227 e. The molecule has 1 aromatic carbocycles. The van der Waals surface area contributed by atoms with Gasteiger partial charge in [0, 0.05) is 35.8 Å². The molecular weight excluding hydrogens is 294 g/mol. The zero-order valence-corrected chi connectivity index (χ0v) is 13.6. The van der Waals surface area contributed by atoms with E-state index in [1.165, 1.54) is 4.90 Å². The lowest BCUT2D eigenvalue weighted by atomic mass is 9.94. The Morgan fingerprint density at radius 1 is 1.36 bits per heavy atom. The molecule has 1 aliphatic rings. The van der Waals surface area contributed by atoms with Gasteiger partial charge in [-0.15, -0.1) is 11.8 Å². The molecule has 0 saturated carbocycles. The Hall–Kier alpha value is -1.75. The van der Waals surface area contributed by atoms with Gasteiger partial charge < -0.3 is 4.90 Å². The Morgan fingerprint density at radius 3 is 2.86 bits per heavy atom. The second-order valence-electron chi connectivity index (χ2n) is 5.72. The quantitative estimate of drug-likeness (QED) is 0.882. The van der Waals surface area contributed by atoms with Crippen molar-refractivity contribution < 1.29 is 4.79 Å². The summed E-state index contributed by atoms with van der Waals surface area (Å²) < 4.78 is 0. The molecular formula is C17H21N3OS. The Balaban J connectivity index is 1.61. The molecule has 1 atom stereocenters. The molecule has 0 spiro atoms. The van der Waals surface area contributed by atoms with E-state index in [2.05, 4.69) is 40.7 Å². The summed E-state index contributed by atoms with van der Waals surface area (Å²) in [7, 11) is 0. The van der Waals surface area contributed by atoms with E-state index in [0.29, 0.717) is 12.3 Å². The SMILES string of the molecule is CSc1ccc(CC(=O)N2CCCC(c3ccn[nH]3)C2)cc1. The van der Waals surface area contributed by atoms with Crippen LogP contribution in [0.2, 0.25) is 0 Å². The van der Waals surface area contributed by atoms with E-state index < -0.39 is 0 Å². The molecule has 3 rings (SSSR count). The first-order valence-corrected chi connectivity index (χ1v) is 8.88. The number of carbonyl (C=O) groups excluding carboxylic acids is 1. The third-order valence-electron chi connectivity index (χ3n) is 4.25. The predicted molar refractivity (Wildman–Crippen MR) is 89.1 cm³/mol. The first-order chi connectivity index (χ1) is 10.8. The van der Waals surface area contributed by atoms with Gasteiger partial charge in [-0.25, -0.2) is 0 Å². The highest BCUT2D eigenvalue weighted by atomic mass is 32.2. The van der Waals surface area contributed by atoms with Gasteiger partial charge in [-0.2, -0.15) is 5.10 Å². The van der Waals surface area contributed by atoms with E-state index in [4.69, 9.17) is 0 Å². The van der Waals surface area contributed by atoms with Crippen LogP contribution in [-0.2, 0) is 11.2 Å². The van der Waals surface area contributed by atoms with Crippen molar-refractivity contribution in [3.8, 4) is 0 Å². The Kier molecular flexibility index (Phi) is 4.83. The van der Waals surface area contributed by atoms with Crippen molar-refractivity contribution in [3.05, 3.63) is 47.8 Å². The molecule has 1 aliphatic heterocycles. The highest BCUT2D eigenvalue weighted by Gasteiger charge is 2.25. The molecule has 1 aromatic heterocycles. The van der Waals surface area contributed by atoms with Gasteiger partial charge in [-0.3, -0.25) is 9.89 Å². The van der Waals surface area contributed by atoms with Gasteiger partial charge in [-0.1, -0.05) is 12.1 Å². The maximum absolute atomic E-state index is 12.5. The second kappa shape index (κ2) is 7.01. The number of aromatic amines is 1. The van der Waals surface area contributed by atoms with Gasteiger partial charge in [0.15, 0.2) is 0 Å². The number of nitrogens with zero attached hydrogens (tertiary/aromatic N) is 2. The highest BCUT2D eigenvalue weighted by molar-refractivity contribution is 7.98. The van der Waals surface area contributed by atoms with Crippen LogP contribution in [0.15, 0.2) is 41.4 Å². The van der Waals surface area contributed by atoms with Crippen LogP contribution in [-0.4, -0.2) is 40.3 Å². The predicted octanol–water partition coefficient (Wildman–Crippen LogP) is 3.08. The number of piperidine rings is 1. The molecule has 5 heteroatoms. The number of carbonyl (C=O) groups is 1. The van der Waals surface area contributed by atoms with E-state index in [9.17, 15) is 4.79 Å². The van der Waals surface area contributed by atoms with Gasteiger partial charge in [0.05, 0.1) is 6.42 Å². The summed E-state index contributed by atoms with van der Waals surface area (Å²) in [6.45, 7) is 1.66. The summed E-state index contributed by atoms with van der Waals surface area (Å²) >= 11 is 1.72. The third kappa shape index (κ3) is 3.53. The number of aromatic nitrogens is 2. The van der Waals surface area contributed by atoms with Crippen LogP contribution in [0.1, 0.15) is 30.0 Å². The lowest BCUT2D eigenvalue weighted by Crippen LogP contribution is -2.40. The van der Waals surface area contributed by atoms with Crippen LogP contribution >= 0.6 is 11.8 Å². The van der Waals surface area contributed by atoms with Crippen LogP contribution in [0.25, 0.3) is 0 Å². The number of thioether (sulfide) groups is 1. The molecule has 1 fully saturated rings. The average molecular weight is 315 g/mol. The lowest BCUT2D eigenvalue weighted by molar-refractivity contribution is -0.131. The summed E-state index contributed by atoms with van der Waals surface area (Å²) in [4.78, 5) is 15.8. The molecule has 0 bridgehead atoms. The van der Waals surface area contributed by atoms with Crippen molar-refractivity contribution in [2.24, 2.45) is 0 Å². The van der Waals surface area contributed by atoms with Gasteiger partial charge in [0.2, 0.25) is 5.91 Å². The fourth-order valence-corrected chi connectivity index (χ4v) is 3.39. The van der Waals surface area contributed by atoms with Gasteiger partial charge >= 0.3 is 0 Å². The number of hydrogen-bond donors (Lipinski definition) is 1. The second-order valence-corrected chi connectivity index (χ2v) is 6.60. The van der Waals surface area contributed by atoms with Crippen molar-refractivity contribution in [1.29, 1.82) is 0 Å². The summed E-state index contributed by atoms with van der Waals surface area (Å²) in [6, 6.07) is 10.3.